The third-order valence-electron chi connectivity index (χ3n) is 5.06. The van der Waals surface area contributed by atoms with E-state index in [1.54, 1.807) is 7.05 Å². The summed E-state index contributed by atoms with van der Waals surface area (Å²) in [6.07, 6.45) is 0.687. The minimum Gasteiger partial charge on any atom is -0.356 e. The molecule has 0 aliphatic carbocycles. The first-order valence-corrected chi connectivity index (χ1v) is 10.2. The van der Waals surface area contributed by atoms with Crippen LogP contribution in [0.3, 0.4) is 0 Å². The first-order valence-electron chi connectivity index (χ1n) is 10.2. The second-order valence-electron chi connectivity index (χ2n) is 7.45. The van der Waals surface area contributed by atoms with Gasteiger partial charge in [0.05, 0.1) is 6.61 Å². The summed E-state index contributed by atoms with van der Waals surface area (Å²) in [5.41, 5.74) is 5.97. The Hall–Kier alpha value is -3.12. The molecule has 6 nitrogen and oxygen atoms in total. The highest BCUT2D eigenvalue weighted by Gasteiger charge is 2.23. The molecule has 2 N–H and O–H groups in total. The van der Waals surface area contributed by atoms with Crippen LogP contribution >= 0.6 is 0 Å². The van der Waals surface area contributed by atoms with Crippen LogP contribution in [-0.2, 0) is 24.5 Å². The number of carbonyl (C=O) groups excluding carboxylic acids is 1. The van der Waals surface area contributed by atoms with E-state index in [9.17, 15) is 4.79 Å². The predicted molar refractivity (Wildman–Crippen MR) is 120 cm³/mol. The average molecular weight is 407 g/mol. The minimum absolute atomic E-state index is 0.199. The number of aromatic nitrogens is 2. The molecule has 6 heteroatoms. The highest BCUT2D eigenvalue weighted by atomic mass is 16.5. The molecule has 0 saturated heterocycles. The molecule has 0 atom stereocenters. The molecule has 1 amide bonds. The van der Waals surface area contributed by atoms with Gasteiger partial charge in [-0.1, -0.05) is 55.0 Å². The van der Waals surface area contributed by atoms with Crippen LogP contribution in [0.25, 0.3) is 0 Å². The Bertz CT molecular complexity index is 1000. The number of rotatable bonds is 8. The van der Waals surface area contributed by atoms with Crippen molar-refractivity contribution in [2.75, 3.05) is 12.4 Å². The molecular weight excluding hydrogens is 376 g/mol. The Balaban J connectivity index is 1.93. The predicted octanol–water partition coefficient (Wildman–Crippen LogP) is 4.65. The van der Waals surface area contributed by atoms with Crippen molar-refractivity contribution in [2.45, 2.75) is 47.5 Å². The maximum absolute atomic E-state index is 12.8. The summed E-state index contributed by atoms with van der Waals surface area (Å²) < 4.78 is 7.78. The van der Waals surface area contributed by atoms with Crippen molar-refractivity contribution >= 4 is 17.4 Å². The lowest BCUT2D eigenvalue weighted by atomic mass is 10.1. The number of nitrogens with one attached hydrogen (secondary N) is 2. The molecule has 0 fully saturated rings. The normalized spacial score (nSPS) is 10.8. The molecule has 0 spiro atoms. The van der Waals surface area contributed by atoms with Gasteiger partial charge in [-0.3, -0.25) is 9.36 Å². The maximum Gasteiger partial charge on any atom is 0.271 e. The van der Waals surface area contributed by atoms with Gasteiger partial charge >= 0.3 is 0 Å². The molecule has 1 aromatic heterocycles. The SMILES string of the molecule is CCc1nc(Nc2c(C)cc(C)cc2C)c(C(=O)NC)n1COCc1ccccc1. The van der Waals surface area contributed by atoms with E-state index in [0.29, 0.717) is 24.5 Å². The first-order chi connectivity index (χ1) is 14.4. The Morgan fingerprint density at radius 3 is 2.37 bits per heavy atom. The van der Waals surface area contributed by atoms with Crippen LogP contribution in [0.15, 0.2) is 42.5 Å². The van der Waals surface area contributed by atoms with Crippen LogP contribution in [0.5, 0.6) is 0 Å². The summed E-state index contributed by atoms with van der Waals surface area (Å²) in [6.45, 7) is 8.93. The van der Waals surface area contributed by atoms with Gasteiger partial charge in [0, 0.05) is 19.2 Å². The van der Waals surface area contributed by atoms with Gasteiger partial charge in [0.15, 0.2) is 11.5 Å². The van der Waals surface area contributed by atoms with E-state index in [0.717, 1.165) is 28.2 Å². The van der Waals surface area contributed by atoms with Crippen LogP contribution in [0.2, 0.25) is 0 Å². The fourth-order valence-corrected chi connectivity index (χ4v) is 3.67. The second-order valence-corrected chi connectivity index (χ2v) is 7.45. The van der Waals surface area contributed by atoms with Gasteiger partial charge in [0.25, 0.3) is 5.91 Å². The van der Waals surface area contributed by atoms with Crippen molar-refractivity contribution in [3.8, 4) is 0 Å². The lowest BCUT2D eigenvalue weighted by Crippen LogP contribution is -2.24. The molecule has 3 rings (SSSR count). The van der Waals surface area contributed by atoms with Crippen molar-refractivity contribution in [3.05, 3.63) is 76.2 Å². The zero-order valence-electron chi connectivity index (χ0n) is 18.4. The van der Waals surface area contributed by atoms with Crippen LogP contribution in [0, 0.1) is 20.8 Å². The monoisotopic (exact) mass is 406 g/mol. The van der Waals surface area contributed by atoms with Crippen LogP contribution < -0.4 is 10.6 Å². The van der Waals surface area contributed by atoms with Crippen molar-refractivity contribution in [1.82, 2.24) is 14.9 Å². The molecule has 3 aromatic rings. The molecular formula is C24H30N4O2. The number of hydrogen-bond donors (Lipinski definition) is 2. The molecule has 30 heavy (non-hydrogen) atoms. The number of anilines is 2. The number of hydrogen-bond acceptors (Lipinski definition) is 4. The lowest BCUT2D eigenvalue weighted by Gasteiger charge is -2.15. The summed E-state index contributed by atoms with van der Waals surface area (Å²) in [7, 11) is 1.63. The van der Waals surface area contributed by atoms with Crippen molar-refractivity contribution in [1.29, 1.82) is 0 Å². The fourth-order valence-electron chi connectivity index (χ4n) is 3.67. The molecule has 0 radical (unpaired) electrons. The Morgan fingerprint density at radius 2 is 1.77 bits per heavy atom. The van der Waals surface area contributed by atoms with Gasteiger partial charge in [0.2, 0.25) is 0 Å². The summed E-state index contributed by atoms with van der Waals surface area (Å²) in [4.78, 5) is 17.5. The molecule has 0 bridgehead atoms. The van der Waals surface area contributed by atoms with E-state index in [1.165, 1.54) is 5.56 Å². The lowest BCUT2D eigenvalue weighted by molar-refractivity contribution is 0.0589. The van der Waals surface area contributed by atoms with E-state index in [-0.39, 0.29) is 12.6 Å². The largest absolute Gasteiger partial charge is 0.356 e. The van der Waals surface area contributed by atoms with Crippen LogP contribution in [-0.4, -0.2) is 22.5 Å². The van der Waals surface area contributed by atoms with Crippen molar-refractivity contribution < 1.29 is 9.53 Å². The number of imidazole rings is 1. The van der Waals surface area contributed by atoms with Crippen molar-refractivity contribution in [2.24, 2.45) is 0 Å². The highest BCUT2D eigenvalue weighted by molar-refractivity contribution is 5.98. The first kappa shape index (κ1) is 21.6. The third kappa shape index (κ3) is 4.71. The van der Waals surface area contributed by atoms with Gasteiger partial charge in [-0.05, 0) is 37.5 Å². The Labute approximate surface area is 178 Å². The smallest absolute Gasteiger partial charge is 0.271 e. The molecule has 158 valence electrons. The van der Waals surface area contributed by atoms with Gasteiger partial charge in [0.1, 0.15) is 12.6 Å². The Kier molecular flexibility index (Phi) is 6.90. The van der Waals surface area contributed by atoms with Gasteiger partial charge in [-0.2, -0.15) is 0 Å². The fraction of sp³-hybridized carbons (Fsp3) is 0.333. The quantitative estimate of drug-likeness (QED) is 0.571. The van der Waals surface area contributed by atoms with Crippen LogP contribution in [0.1, 0.15) is 45.5 Å². The summed E-state index contributed by atoms with van der Waals surface area (Å²) >= 11 is 0. The number of nitrogens with zero attached hydrogens (tertiary/aromatic N) is 2. The summed E-state index contributed by atoms with van der Waals surface area (Å²) in [6, 6.07) is 14.2. The molecule has 1 heterocycles. The molecule has 2 aromatic carbocycles. The number of benzene rings is 2. The average Bonchev–Trinajstić information content (AvgIpc) is 3.08. The highest BCUT2D eigenvalue weighted by Crippen LogP contribution is 2.28. The number of carbonyl (C=O) groups is 1. The maximum atomic E-state index is 12.8. The van der Waals surface area contributed by atoms with Gasteiger partial charge < -0.3 is 15.4 Å². The van der Waals surface area contributed by atoms with E-state index in [1.807, 2.05) is 41.8 Å². The second kappa shape index (κ2) is 9.59. The molecule has 0 aliphatic rings. The van der Waals surface area contributed by atoms with Crippen LogP contribution in [0.4, 0.5) is 11.5 Å². The third-order valence-corrected chi connectivity index (χ3v) is 5.06. The minimum atomic E-state index is -0.199. The van der Waals surface area contributed by atoms with E-state index in [2.05, 4.69) is 43.5 Å². The molecule has 0 aliphatic heterocycles. The van der Waals surface area contributed by atoms with E-state index < -0.39 is 0 Å². The summed E-state index contributed by atoms with van der Waals surface area (Å²) in [5.74, 6) is 1.14. The number of amides is 1. The zero-order chi connectivity index (χ0) is 21.7. The van der Waals surface area contributed by atoms with Gasteiger partial charge in [-0.15, -0.1) is 0 Å². The number of aryl methyl sites for hydroxylation is 4. The Morgan fingerprint density at radius 1 is 1.10 bits per heavy atom. The van der Waals surface area contributed by atoms with Crippen molar-refractivity contribution in [3.63, 3.8) is 0 Å². The number of ether oxygens (including phenoxy) is 1. The summed E-state index contributed by atoms with van der Waals surface area (Å²) in [5, 5.41) is 6.14. The van der Waals surface area contributed by atoms with E-state index in [4.69, 9.17) is 9.72 Å². The zero-order valence-corrected chi connectivity index (χ0v) is 18.4. The standard InChI is InChI=1S/C24H30N4O2/c1-6-20-26-23(27-21-17(3)12-16(2)13-18(21)4)22(24(29)25-5)28(20)15-30-14-19-10-8-7-9-11-19/h7-13,27H,6,14-15H2,1-5H3,(H,25,29). The topological polar surface area (TPSA) is 68.2 Å². The van der Waals surface area contributed by atoms with E-state index >= 15 is 0 Å². The molecule has 0 saturated carbocycles. The van der Waals surface area contributed by atoms with Gasteiger partial charge in [-0.25, -0.2) is 4.98 Å². The molecule has 0 unspecified atom stereocenters.